The average molecular weight is 539 g/mol. The molecule has 0 aliphatic carbocycles. The minimum Gasteiger partial charge on any atom is -0.508 e. The first-order chi connectivity index (χ1) is 13.0. The van der Waals surface area contributed by atoms with Crippen LogP contribution < -0.4 is 10.6 Å². The van der Waals surface area contributed by atoms with Crippen LogP contribution in [0, 0.1) is 0 Å². The highest BCUT2D eigenvalue weighted by atomic mass is 79.9. The van der Waals surface area contributed by atoms with Gasteiger partial charge in [-0.3, -0.25) is 4.90 Å². The highest BCUT2D eigenvalue weighted by molar-refractivity contribution is 9.11. The van der Waals surface area contributed by atoms with Crippen LogP contribution in [0.1, 0.15) is 5.56 Å². The molecule has 0 heterocycles. The van der Waals surface area contributed by atoms with Crippen molar-refractivity contribution in [3.63, 3.8) is 0 Å². The fourth-order valence-electron chi connectivity index (χ4n) is 2.79. The minimum atomic E-state index is -4.71. The summed E-state index contributed by atoms with van der Waals surface area (Å²) in [6, 6.07) is 8.10. The number of alkyl halides is 3. The first-order valence-electron chi connectivity index (χ1n) is 7.57. The van der Waals surface area contributed by atoms with Crippen LogP contribution in [0.3, 0.4) is 0 Å². The van der Waals surface area contributed by atoms with Gasteiger partial charge in [-0.15, -0.1) is 0 Å². The Balaban J connectivity index is 2.34. The number of anilines is 2. The Morgan fingerprint density at radius 1 is 1.04 bits per heavy atom. The van der Waals surface area contributed by atoms with Gasteiger partial charge in [0, 0.05) is 14.3 Å². The van der Waals surface area contributed by atoms with E-state index in [0.29, 0.717) is 19.7 Å². The summed E-state index contributed by atoms with van der Waals surface area (Å²) in [6.07, 6.45) is -4.71. The van der Waals surface area contributed by atoms with E-state index >= 15 is 0 Å². The maximum Gasteiger partial charge on any atom is 0.417 e. The molecule has 3 rings (SSSR count). The second-order valence-electron chi connectivity index (χ2n) is 5.75. The van der Waals surface area contributed by atoms with Crippen LogP contribution in [-0.4, -0.2) is 11.1 Å². The van der Waals surface area contributed by atoms with Crippen molar-refractivity contribution in [1.82, 2.24) is 0 Å². The molecule has 0 saturated carbocycles. The quantitative estimate of drug-likeness (QED) is 0.371. The fourth-order valence-corrected chi connectivity index (χ4v) is 4.51. The number of hydrogen-bond donors (Lipinski definition) is 2. The number of carbonyl (C=O) groups is 1. The van der Waals surface area contributed by atoms with Crippen LogP contribution in [0.25, 0.3) is 10.8 Å². The third-order valence-electron chi connectivity index (χ3n) is 3.95. The van der Waals surface area contributed by atoms with E-state index in [1.165, 1.54) is 18.2 Å². The molecule has 10 heteroatoms. The summed E-state index contributed by atoms with van der Waals surface area (Å²) >= 11 is 12.4. The van der Waals surface area contributed by atoms with Crippen LogP contribution in [-0.2, 0) is 6.18 Å². The van der Waals surface area contributed by atoms with E-state index in [9.17, 15) is 23.1 Å². The number of carbonyl (C=O) groups excluding carboxylic acids is 1. The summed E-state index contributed by atoms with van der Waals surface area (Å²) in [5, 5.41) is 10.4. The Kier molecular flexibility index (Phi) is 5.53. The van der Waals surface area contributed by atoms with E-state index in [-0.39, 0.29) is 17.1 Å². The van der Waals surface area contributed by atoms with Crippen molar-refractivity contribution in [3.05, 3.63) is 62.0 Å². The summed E-state index contributed by atoms with van der Waals surface area (Å²) in [6.45, 7) is 0. The number of nitrogens with zero attached hydrogens (tertiary/aromatic N) is 1. The van der Waals surface area contributed by atoms with Crippen LogP contribution in [0.5, 0.6) is 5.75 Å². The number of phenols is 1. The molecule has 0 spiro atoms. The third kappa shape index (κ3) is 3.78. The lowest BCUT2D eigenvalue weighted by Gasteiger charge is -2.25. The second kappa shape index (κ2) is 7.46. The number of fused-ring (bicyclic) bond motifs is 1. The molecule has 0 radical (unpaired) electrons. The van der Waals surface area contributed by atoms with E-state index in [1.807, 2.05) is 0 Å². The van der Waals surface area contributed by atoms with Gasteiger partial charge in [0.05, 0.1) is 22.0 Å². The number of halogens is 6. The lowest BCUT2D eigenvalue weighted by atomic mass is 10.1. The van der Waals surface area contributed by atoms with Crippen molar-refractivity contribution >= 4 is 71.6 Å². The van der Waals surface area contributed by atoms with Crippen molar-refractivity contribution in [3.8, 4) is 5.75 Å². The van der Waals surface area contributed by atoms with Crippen molar-refractivity contribution < 1.29 is 23.1 Å². The molecule has 0 aliphatic heterocycles. The summed E-state index contributed by atoms with van der Waals surface area (Å²) in [5.74, 6) is -0.0877. The maximum atomic E-state index is 13.3. The van der Waals surface area contributed by atoms with E-state index in [4.69, 9.17) is 17.3 Å². The molecule has 146 valence electrons. The normalized spacial score (nSPS) is 11.6. The molecular weight excluding hydrogens is 528 g/mol. The first-order valence-corrected chi connectivity index (χ1v) is 9.54. The fraction of sp³-hybridized carbons (Fsp3) is 0.0556. The number of benzene rings is 3. The van der Waals surface area contributed by atoms with Gasteiger partial charge in [-0.25, -0.2) is 4.79 Å². The average Bonchev–Trinajstić information content (AvgIpc) is 2.57. The van der Waals surface area contributed by atoms with Crippen molar-refractivity contribution in [2.24, 2.45) is 5.73 Å². The monoisotopic (exact) mass is 536 g/mol. The van der Waals surface area contributed by atoms with Gasteiger partial charge in [-0.2, -0.15) is 13.2 Å². The molecule has 0 unspecified atom stereocenters. The minimum absolute atomic E-state index is 0.0877. The van der Waals surface area contributed by atoms with Crippen molar-refractivity contribution in [2.45, 2.75) is 6.18 Å². The number of phenolic OH excluding ortho intramolecular Hbond substituents is 1. The van der Waals surface area contributed by atoms with Gasteiger partial charge in [0.25, 0.3) is 0 Å². The van der Waals surface area contributed by atoms with Crippen molar-refractivity contribution in [2.75, 3.05) is 4.90 Å². The highest BCUT2D eigenvalue weighted by Gasteiger charge is 2.34. The van der Waals surface area contributed by atoms with Gasteiger partial charge in [0.2, 0.25) is 0 Å². The molecule has 3 aromatic carbocycles. The standard InChI is InChI=1S/C18H10Br2ClF3N2O2/c19-13-7-14(20)16(11-6-9(27)2-3-10(11)13)26(17(25)28)8-1-4-15(21)12(5-8)18(22,23)24/h1-7,27H,(H2,25,28). The Morgan fingerprint density at radius 2 is 1.71 bits per heavy atom. The summed E-state index contributed by atoms with van der Waals surface area (Å²) < 4.78 is 40.8. The molecule has 0 aromatic heterocycles. The predicted octanol–water partition coefficient (Wildman–Crippen LogP) is 6.96. The summed E-state index contributed by atoms with van der Waals surface area (Å²) in [5.41, 5.74) is 4.46. The zero-order valence-electron chi connectivity index (χ0n) is 13.7. The van der Waals surface area contributed by atoms with E-state index in [2.05, 4.69) is 31.9 Å². The molecule has 3 N–H and O–H groups in total. The smallest absolute Gasteiger partial charge is 0.417 e. The van der Waals surface area contributed by atoms with Gasteiger partial charge in [-0.1, -0.05) is 27.5 Å². The second-order valence-corrected chi connectivity index (χ2v) is 7.87. The number of nitrogens with two attached hydrogens (primary N) is 1. The van der Waals surface area contributed by atoms with Crippen LogP contribution >= 0.6 is 43.5 Å². The number of rotatable bonds is 2. The van der Waals surface area contributed by atoms with E-state index in [0.717, 1.165) is 17.0 Å². The molecule has 28 heavy (non-hydrogen) atoms. The third-order valence-corrected chi connectivity index (χ3v) is 5.54. The zero-order valence-corrected chi connectivity index (χ0v) is 17.6. The van der Waals surface area contributed by atoms with Gasteiger partial charge in [0.15, 0.2) is 0 Å². The lowest BCUT2D eigenvalue weighted by molar-refractivity contribution is -0.137. The SMILES string of the molecule is NC(=O)N(c1ccc(Cl)c(C(F)(F)F)c1)c1c(Br)cc(Br)c2ccc(O)cc12. The highest BCUT2D eigenvalue weighted by Crippen LogP contribution is 2.44. The Labute approximate surface area is 178 Å². The predicted molar refractivity (Wildman–Crippen MR) is 109 cm³/mol. The van der Waals surface area contributed by atoms with Gasteiger partial charge in [0.1, 0.15) is 5.75 Å². The molecule has 3 aromatic rings. The Bertz CT molecular complexity index is 1110. The molecule has 0 bridgehead atoms. The zero-order chi connectivity index (χ0) is 20.8. The number of amides is 2. The summed E-state index contributed by atoms with van der Waals surface area (Å²) in [4.78, 5) is 13.2. The topological polar surface area (TPSA) is 66.6 Å². The molecular formula is C18H10Br2ClF3N2O2. The van der Waals surface area contributed by atoms with Crippen LogP contribution in [0.2, 0.25) is 5.02 Å². The number of primary amides is 1. The lowest BCUT2D eigenvalue weighted by Crippen LogP contribution is -2.32. The Hall–Kier alpha value is -1.97. The van der Waals surface area contributed by atoms with Crippen LogP contribution in [0.4, 0.5) is 29.3 Å². The molecule has 0 aliphatic rings. The molecule has 2 amide bonds. The molecule has 0 fully saturated rings. The Morgan fingerprint density at radius 3 is 2.32 bits per heavy atom. The van der Waals surface area contributed by atoms with Gasteiger partial charge in [-0.05, 0) is 63.8 Å². The van der Waals surface area contributed by atoms with Crippen molar-refractivity contribution in [1.29, 1.82) is 0 Å². The summed E-state index contributed by atoms with van der Waals surface area (Å²) in [7, 11) is 0. The van der Waals surface area contributed by atoms with E-state index < -0.39 is 22.8 Å². The molecule has 0 atom stereocenters. The van der Waals surface area contributed by atoms with Crippen LogP contribution in [0.15, 0.2) is 51.4 Å². The number of urea groups is 1. The number of hydrogen-bond acceptors (Lipinski definition) is 2. The van der Waals surface area contributed by atoms with Gasteiger partial charge < -0.3 is 10.8 Å². The molecule has 4 nitrogen and oxygen atoms in total. The molecule has 0 saturated heterocycles. The first kappa shape index (κ1) is 20.8. The largest absolute Gasteiger partial charge is 0.508 e. The number of aromatic hydroxyl groups is 1. The van der Waals surface area contributed by atoms with E-state index in [1.54, 1.807) is 12.1 Å². The maximum absolute atomic E-state index is 13.3. The van der Waals surface area contributed by atoms with Gasteiger partial charge >= 0.3 is 12.2 Å².